The molecule has 0 aliphatic carbocycles. The first kappa shape index (κ1) is 10.1. The van der Waals surface area contributed by atoms with E-state index in [0.717, 1.165) is 12.5 Å². The number of nitrogens with zero attached hydrogens (tertiary/aromatic N) is 2. The van der Waals surface area contributed by atoms with Crippen molar-refractivity contribution in [1.29, 1.82) is 0 Å². The van der Waals surface area contributed by atoms with Crippen molar-refractivity contribution in [3.05, 3.63) is 0 Å². The van der Waals surface area contributed by atoms with E-state index in [1.165, 1.54) is 58.4 Å². The smallest absolute Gasteiger partial charge is 0.0384 e. The summed E-state index contributed by atoms with van der Waals surface area (Å²) >= 11 is 0. The van der Waals surface area contributed by atoms with Crippen LogP contribution < -0.4 is 5.73 Å². The molecule has 3 atom stereocenters. The lowest BCUT2D eigenvalue weighted by Crippen LogP contribution is -2.61. The van der Waals surface area contributed by atoms with Crippen molar-refractivity contribution in [3.63, 3.8) is 0 Å². The monoisotopic (exact) mass is 209 g/mol. The van der Waals surface area contributed by atoms with Gasteiger partial charge in [0.25, 0.3) is 0 Å². The van der Waals surface area contributed by atoms with Crippen molar-refractivity contribution in [1.82, 2.24) is 9.80 Å². The Kier molecular flexibility index (Phi) is 2.49. The molecule has 3 rings (SSSR count). The highest BCUT2D eigenvalue weighted by atomic mass is 15.3. The lowest BCUT2D eigenvalue weighted by atomic mass is 9.77. The Labute approximate surface area is 92.6 Å². The van der Waals surface area contributed by atoms with Gasteiger partial charge in [0.2, 0.25) is 0 Å². The maximum absolute atomic E-state index is 6.14. The van der Waals surface area contributed by atoms with Gasteiger partial charge >= 0.3 is 0 Å². The van der Waals surface area contributed by atoms with Gasteiger partial charge in [-0.15, -0.1) is 0 Å². The van der Waals surface area contributed by atoms with Crippen molar-refractivity contribution in [2.75, 3.05) is 39.3 Å². The van der Waals surface area contributed by atoms with Crippen molar-refractivity contribution >= 4 is 0 Å². The summed E-state index contributed by atoms with van der Waals surface area (Å²) in [6.07, 6.45) is 5.47. The molecule has 2 bridgehead atoms. The van der Waals surface area contributed by atoms with Crippen LogP contribution in [-0.2, 0) is 0 Å². The third-order valence-corrected chi connectivity index (χ3v) is 4.98. The summed E-state index contributed by atoms with van der Waals surface area (Å²) in [5.74, 6) is 0.856. The molecule has 3 saturated heterocycles. The minimum Gasteiger partial charge on any atom is -0.329 e. The van der Waals surface area contributed by atoms with Crippen LogP contribution in [0.5, 0.6) is 0 Å². The summed E-state index contributed by atoms with van der Waals surface area (Å²) in [6, 6.07) is 0. The second kappa shape index (κ2) is 3.72. The molecule has 0 saturated carbocycles. The molecule has 0 aromatic rings. The van der Waals surface area contributed by atoms with Gasteiger partial charge in [-0.3, -0.25) is 4.90 Å². The molecular weight excluding hydrogens is 186 g/mol. The molecule has 3 unspecified atom stereocenters. The van der Waals surface area contributed by atoms with Crippen molar-refractivity contribution in [2.45, 2.75) is 31.2 Å². The zero-order chi connectivity index (χ0) is 10.3. The fraction of sp³-hybridized carbons (Fsp3) is 1.00. The van der Waals surface area contributed by atoms with Crippen LogP contribution in [-0.4, -0.2) is 54.6 Å². The van der Waals surface area contributed by atoms with Gasteiger partial charge in [-0.2, -0.15) is 0 Å². The first-order chi connectivity index (χ1) is 7.35. The summed E-state index contributed by atoms with van der Waals surface area (Å²) in [7, 11) is 0. The maximum Gasteiger partial charge on any atom is 0.0384 e. The number of hydrogen-bond acceptors (Lipinski definition) is 3. The number of piperidine rings is 1. The SMILES string of the molecule is NCC1(N2CCCC2)CCN2CCC1C2. The normalized spacial score (nSPS) is 46.2. The van der Waals surface area contributed by atoms with E-state index in [1.54, 1.807) is 0 Å². The highest BCUT2D eigenvalue weighted by Gasteiger charge is 2.49. The van der Waals surface area contributed by atoms with E-state index in [-0.39, 0.29) is 0 Å². The van der Waals surface area contributed by atoms with E-state index in [1.807, 2.05) is 0 Å². The number of rotatable bonds is 2. The van der Waals surface area contributed by atoms with Gasteiger partial charge in [0, 0.05) is 18.6 Å². The number of nitrogens with two attached hydrogens (primary N) is 1. The Bertz CT molecular complexity index is 233. The van der Waals surface area contributed by atoms with E-state index in [2.05, 4.69) is 9.80 Å². The Morgan fingerprint density at radius 3 is 2.67 bits per heavy atom. The van der Waals surface area contributed by atoms with Gasteiger partial charge in [0.15, 0.2) is 0 Å². The summed E-state index contributed by atoms with van der Waals surface area (Å²) in [5, 5.41) is 0. The second-order valence-electron chi connectivity index (χ2n) is 5.54. The minimum absolute atomic E-state index is 0.378. The van der Waals surface area contributed by atoms with Crippen LogP contribution in [0, 0.1) is 5.92 Å². The molecule has 2 N–H and O–H groups in total. The molecule has 3 heteroatoms. The van der Waals surface area contributed by atoms with E-state index >= 15 is 0 Å². The van der Waals surface area contributed by atoms with Crippen LogP contribution in [0.25, 0.3) is 0 Å². The van der Waals surface area contributed by atoms with Crippen LogP contribution >= 0.6 is 0 Å². The van der Waals surface area contributed by atoms with Crippen LogP contribution in [0.2, 0.25) is 0 Å². The third-order valence-electron chi connectivity index (χ3n) is 4.98. The van der Waals surface area contributed by atoms with Crippen LogP contribution in [0.1, 0.15) is 25.7 Å². The number of hydrogen-bond donors (Lipinski definition) is 1. The lowest BCUT2D eigenvalue weighted by molar-refractivity contribution is 0.0250. The molecule has 0 spiro atoms. The molecule has 0 aromatic heterocycles. The third kappa shape index (κ3) is 1.44. The first-order valence-electron chi connectivity index (χ1n) is 6.53. The van der Waals surface area contributed by atoms with Crippen LogP contribution in [0.15, 0.2) is 0 Å². The quantitative estimate of drug-likeness (QED) is 0.719. The topological polar surface area (TPSA) is 32.5 Å². The fourth-order valence-electron chi connectivity index (χ4n) is 4.01. The molecule has 15 heavy (non-hydrogen) atoms. The standard InChI is InChI=1S/C12H23N3/c13-10-12(15-5-1-2-6-15)4-8-14-7-3-11(12)9-14/h11H,1-10,13H2. The average molecular weight is 209 g/mol. The van der Waals surface area contributed by atoms with E-state index in [9.17, 15) is 0 Å². The molecule has 0 aromatic carbocycles. The molecule has 86 valence electrons. The predicted molar refractivity (Wildman–Crippen MR) is 61.8 cm³/mol. The highest BCUT2D eigenvalue weighted by molar-refractivity contribution is 5.05. The second-order valence-corrected chi connectivity index (χ2v) is 5.54. The van der Waals surface area contributed by atoms with Gasteiger partial charge in [0.05, 0.1) is 0 Å². The van der Waals surface area contributed by atoms with E-state index in [0.29, 0.717) is 5.54 Å². The summed E-state index contributed by atoms with van der Waals surface area (Å²) in [6.45, 7) is 7.39. The first-order valence-corrected chi connectivity index (χ1v) is 6.53. The maximum atomic E-state index is 6.14. The number of fused-ring (bicyclic) bond motifs is 2. The van der Waals surface area contributed by atoms with E-state index < -0.39 is 0 Å². The van der Waals surface area contributed by atoms with Gasteiger partial charge in [-0.25, -0.2) is 0 Å². The molecule has 3 aliphatic heterocycles. The summed E-state index contributed by atoms with van der Waals surface area (Å²) in [4.78, 5) is 5.34. The average Bonchev–Trinajstić information content (AvgIpc) is 2.91. The zero-order valence-corrected chi connectivity index (χ0v) is 9.62. The Morgan fingerprint density at radius 2 is 1.93 bits per heavy atom. The lowest BCUT2D eigenvalue weighted by Gasteiger charge is -2.48. The minimum atomic E-state index is 0.378. The van der Waals surface area contributed by atoms with Gasteiger partial charge in [-0.05, 0) is 57.8 Å². The number of likely N-dealkylation sites (tertiary alicyclic amines) is 1. The fourth-order valence-corrected chi connectivity index (χ4v) is 4.01. The highest BCUT2D eigenvalue weighted by Crippen LogP contribution is 2.40. The van der Waals surface area contributed by atoms with E-state index in [4.69, 9.17) is 5.73 Å². The molecule has 0 amide bonds. The van der Waals surface area contributed by atoms with Crippen molar-refractivity contribution < 1.29 is 0 Å². The molecule has 3 aliphatic rings. The largest absolute Gasteiger partial charge is 0.329 e. The molecule has 3 heterocycles. The van der Waals surface area contributed by atoms with Gasteiger partial charge < -0.3 is 10.6 Å². The predicted octanol–water partition coefficient (Wildman–Crippen LogP) is 0.505. The molecule has 3 fully saturated rings. The van der Waals surface area contributed by atoms with Crippen molar-refractivity contribution in [2.24, 2.45) is 11.7 Å². The molecule has 0 radical (unpaired) electrons. The van der Waals surface area contributed by atoms with Crippen LogP contribution in [0.4, 0.5) is 0 Å². The summed E-state index contributed by atoms with van der Waals surface area (Å²) in [5.41, 5.74) is 6.52. The van der Waals surface area contributed by atoms with Crippen LogP contribution in [0.3, 0.4) is 0 Å². The zero-order valence-electron chi connectivity index (χ0n) is 9.62. The Hall–Kier alpha value is -0.120. The molecular formula is C12H23N3. The van der Waals surface area contributed by atoms with Gasteiger partial charge in [0.1, 0.15) is 0 Å². The molecule has 3 nitrogen and oxygen atoms in total. The summed E-state index contributed by atoms with van der Waals surface area (Å²) < 4.78 is 0. The van der Waals surface area contributed by atoms with Gasteiger partial charge in [-0.1, -0.05) is 0 Å². The van der Waals surface area contributed by atoms with Crippen molar-refractivity contribution in [3.8, 4) is 0 Å². The Morgan fingerprint density at radius 1 is 1.13 bits per heavy atom. The Balaban J connectivity index is 1.83.